The van der Waals surface area contributed by atoms with Gasteiger partial charge >= 0.3 is 6.18 Å². The van der Waals surface area contributed by atoms with Crippen molar-refractivity contribution in [3.8, 4) is 11.5 Å². The molecule has 1 N–H and O–H groups in total. The van der Waals surface area contributed by atoms with Gasteiger partial charge < -0.3 is 9.84 Å². The van der Waals surface area contributed by atoms with E-state index < -0.39 is 11.7 Å². The lowest BCUT2D eigenvalue weighted by atomic mass is 10.1. The van der Waals surface area contributed by atoms with E-state index in [1.807, 2.05) is 37.3 Å². The zero-order valence-corrected chi connectivity index (χ0v) is 14.3. The van der Waals surface area contributed by atoms with Gasteiger partial charge in [0.05, 0.1) is 18.0 Å². The molecule has 27 heavy (non-hydrogen) atoms. The van der Waals surface area contributed by atoms with E-state index in [1.165, 1.54) is 12.1 Å². The lowest BCUT2D eigenvalue weighted by Gasteiger charge is -2.13. The Kier molecular flexibility index (Phi) is 5.25. The predicted molar refractivity (Wildman–Crippen MR) is 91.4 cm³/mol. The molecule has 0 aliphatic rings. The molecule has 3 aromatic rings. The van der Waals surface area contributed by atoms with E-state index in [1.54, 1.807) is 0 Å². The summed E-state index contributed by atoms with van der Waals surface area (Å²) >= 11 is 0. The van der Waals surface area contributed by atoms with Crippen LogP contribution in [0.4, 0.5) is 13.2 Å². The molecule has 0 saturated carbocycles. The number of benzene rings is 2. The van der Waals surface area contributed by atoms with Gasteiger partial charge in [-0.15, -0.1) is 0 Å². The molecule has 0 bridgehead atoms. The van der Waals surface area contributed by atoms with Crippen molar-refractivity contribution in [2.24, 2.45) is 0 Å². The van der Waals surface area contributed by atoms with Crippen molar-refractivity contribution < 1.29 is 22.5 Å². The molecular weight excluding hydrogens is 359 g/mol. The van der Waals surface area contributed by atoms with Gasteiger partial charge in [-0.1, -0.05) is 35.5 Å². The number of carbonyl (C=O) groups excluding carboxylic acids is 1. The molecule has 2 aromatic carbocycles. The van der Waals surface area contributed by atoms with Crippen molar-refractivity contribution in [2.45, 2.75) is 25.6 Å². The smallest absolute Gasteiger partial charge is 0.349 e. The number of halogens is 3. The van der Waals surface area contributed by atoms with E-state index in [0.717, 1.165) is 17.7 Å². The van der Waals surface area contributed by atoms with Gasteiger partial charge in [-0.3, -0.25) is 4.79 Å². The summed E-state index contributed by atoms with van der Waals surface area (Å²) < 4.78 is 42.8. The maximum absolute atomic E-state index is 12.6. The maximum Gasteiger partial charge on any atom is 0.416 e. The van der Waals surface area contributed by atoms with Crippen LogP contribution in [0.5, 0.6) is 0 Å². The molecule has 8 heteroatoms. The molecule has 1 unspecified atom stereocenters. The molecule has 0 aliphatic heterocycles. The van der Waals surface area contributed by atoms with Crippen LogP contribution in [0.1, 0.15) is 29.9 Å². The van der Waals surface area contributed by atoms with Crippen LogP contribution in [-0.2, 0) is 17.4 Å². The van der Waals surface area contributed by atoms with Gasteiger partial charge in [0, 0.05) is 5.56 Å². The van der Waals surface area contributed by atoms with Crippen LogP contribution in [0.3, 0.4) is 0 Å². The van der Waals surface area contributed by atoms with Crippen molar-refractivity contribution in [1.82, 2.24) is 15.5 Å². The number of amides is 1. The molecule has 0 aliphatic carbocycles. The fraction of sp³-hybridized carbons (Fsp3) is 0.211. The summed E-state index contributed by atoms with van der Waals surface area (Å²) in [6, 6.07) is 13.7. The van der Waals surface area contributed by atoms with Crippen LogP contribution in [-0.4, -0.2) is 16.0 Å². The van der Waals surface area contributed by atoms with E-state index in [0.29, 0.717) is 5.56 Å². The third kappa shape index (κ3) is 4.72. The zero-order valence-electron chi connectivity index (χ0n) is 14.3. The number of hydrogen-bond acceptors (Lipinski definition) is 4. The van der Waals surface area contributed by atoms with Crippen molar-refractivity contribution in [3.63, 3.8) is 0 Å². The van der Waals surface area contributed by atoms with Gasteiger partial charge in [0.1, 0.15) is 0 Å². The van der Waals surface area contributed by atoms with Gasteiger partial charge in [0.2, 0.25) is 5.91 Å². The van der Waals surface area contributed by atoms with Crippen molar-refractivity contribution in [3.05, 3.63) is 71.5 Å². The Morgan fingerprint density at radius 3 is 2.41 bits per heavy atom. The Balaban J connectivity index is 1.63. The van der Waals surface area contributed by atoms with Crippen molar-refractivity contribution in [2.75, 3.05) is 0 Å². The second kappa shape index (κ2) is 7.61. The van der Waals surface area contributed by atoms with Gasteiger partial charge in [-0.05, 0) is 36.8 Å². The summed E-state index contributed by atoms with van der Waals surface area (Å²) in [7, 11) is 0. The first kappa shape index (κ1) is 18.6. The lowest BCUT2D eigenvalue weighted by molar-refractivity contribution is -0.137. The second-order valence-electron chi connectivity index (χ2n) is 5.97. The van der Waals surface area contributed by atoms with Crippen LogP contribution in [0.15, 0.2) is 59.1 Å². The summed E-state index contributed by atoms with van der Waals surface area (Å²) in [6.07, 6.45) is -4.51. The fourth-order valence-electron chi connectivity index (χ4n) is 2.51. The summed E-state index contributed by atoms with van der Waals surface area (Å²) in [5.41, 5.74) is 0.546. The SMILES string of the molecule is CC(NC(=O)Cc1noc(-c2ccc(C(F)(F)F)cc2)n1)c1ccccc1. The van der Waals surface area contributed by atoms with Crippen LogP contribution < -0.4 is 5.32 Å². The van der Waals surface area contributed by atoms with Crippen LogP contribution in [0.2, 0.25) is 0 Å². The van der Waals surface area contributed by atoms with E-state index in [-0.39, 0.29) is 30.1 Å². The molecule has 0 radical (unpaired) electrons. The zero-order chi connectivity index (χ0) is 19.4. The van der Waals surface area contributed by atoms with Gasteiger partial charge in [0.25, 0.3) is 5.89 Å². The van der Waals surface area contributed by atoms with Crippen molar-refractivity contribution in [1.29, 1.82) is 0 Å². The Morgan fingerprint density at radius 1 is 1.11 bits per heavy atom. The van der Waals surface area contributed by atoms with E-state index in [2.05, 4.69) is 15.5 Å². The first-order valence-corrected chi connectivity index (χ1v) is 8.17. The minimum absolute atomic E-state index is 0.0580. The number of hydrogen-bond donors (Lipinski definition) is 1. The summed E-state index contributed by atoms with van der Waals surface area (Å²) in [5, 5.41) is 6.55. The molecule has 1 atom stereocenters. The average molecular weight is 375 g/mol. The number of rotatable bonds is 5. The van der Waals surface area contributed by atoms with Gasteiger partial charge in [-0.25, -0.2) is 0 Å². The van der Waals surface area contributed by atoms with E-state index in [9.17, 15) is 18.0 Å². The number of nitrogens with zero attached hydrogens (tertiary/aromatic N) is 2. The molecule has 0 spiro atoms. The Morgan fingerprint density at radius 2 is 1.78 bits per heavy atom. The van der Waals surface area contributed by atoms with E-state index in [4.69, 9.17) is 4.52 Å². The minimum Gasteiger partial charge on any atom is -0.349 e. The van der Waals surface area contributed by atoms with Crippen LogP contribution in [0.25, 0.3) is 11.5 Å². The Labute approximate surface area is 153 Å². The average Bonchev–Trinajstić information content (AvgIpc) is 3.10. The number of carbonyl (C=O) groups is 1. The molecular formula is C19H16F3N3O2. The summed E-state index contributed by atoms with van der Waals surface area (Å²) in [4.78, 5) is 16.2. The normalized spacial score (nSPS) is 12.6. The highest BCUT2D eigenvalue weighted by Gasteiger charge is 2.30. The van der Waals surface area contributed by atoms with Crippen LogP contribution >= 0.6 is 0 Å². The quantitative estimate of drug-likeness (QED) is 0.727. The minimum atomic E-state index is -4.41. The second-order valence-corrected chi connectivity index (χ2v) is 5.97. The summed E-state index contributed by atoms with van der Waals surface area (Å²) in [5.74, 6) is -0.0728. The highest BCUT2D eigenvalue weighted by Crippen LogP contribution is 2.30. The molecule has 1 heterocycles. The number of aromatic nitrogens is 2. The lowest BCUT2D eigenvalue weighted by Crippen LogP contribution is -2.28. The van der Waals surface area contributed by atoms with Gasteiger partial charge in [-0.2, -0.15) is 18.2 Å². The van der Waals surface area contributed by atoms with E-state index >= 15 is 0 Å². The molecule has 1 aromatic heterocycles. The molecule has 1 amide bonds. The molecule has 5 nitrogen and oxygen atoms in total. The topological polar surface area (TPSA) is 68.0 Å². The van der Waals surface area contributed by atoms with Crippen molar-refractivity contribution >= 4 is 5.91 Å². The molecule has 3 rings (SSSR count). The molecule has 0 fully saturated rings. The highest BCUT2D eigenvalue weighted by molar-refractivity contribution is 5.78. The largest absolute Gasteiger partial charge is 0.416 e. The maximum atomic E-state index is 12.6. The predicted octanol–water partition coefficient (Wildman–Crippen LogP) is 4.18. The first-order chi connectivity index (χ1) is 12.8. The van der Waals surface area contributed by atoms with Gasteiger partial charge in [0.15, 0.2) is 5.82 Å². The highest BCUT2D eigenvalue weighted by atomic mass is 19.4. The molecule has 140 valence electrons. The first-order valence-electron chi connectivity index (χ1n) is 8.17. The van der Waals surface area contributed by atoms with Crippen LogP contribution in [0, 0.1) is 0 Å². The Bertz CT molecular complexity index is 906. The summed E-state index contributed by atoms with van der Waals surface area (Å²) in [6.45, 7) is 1.86. The number of alkyl halides is 3. The molecule has 0 saturated heterocycles. The standard InChI is InChI=1S/C19H16F3N3O2/c1-12(13-5-3-2-4-6-13)23-17(26)11-16-24-18(27-25-16)14-7-9-15(10-8-14)19(20,21)22/h2-10,12H,11H2,1H3,(H,23,26). The Hall–Kier alpha value is -3.16. The third-order valence-corrected chi connectivity index (χ3v) is 3.92. The third-order valence-electron chi connectivity index (χ3n) is 3.92. The monoisotopic (exact) mass is 375 g/mol. The number of nitrogens with one attached hydrogen (secondary N) is 1. The fourth-order valence-corrected chi connectivity index (χ4v) is 2.51.